The van der Waals surface area contributed by atoms with Crippen LogP contribution in [-0.4, -0.2) is 34.4 Å². The SMILES string of the molecule is N#Cc1ccccc1S(=O)(=O)NC1CCS(=O)(=O)C1. The number of hydrogen-bond acceptors (Lipinski definition) is 5. The third kappa shape index (κ3) is 3.12. The summed E-state index contributed by atoms with van der Waals surface area (Å²) < 4.78 is 49.2. The van der Waals surface area contributed by atoms with Crippen LogP contribution in [0.1, 0.15) is 12.0 Å². The van der Waals surface area contributed by atoms with Gasteiger partial charge in [-0.2, -0.15) is 5.26 Å². The van der Waals surface area contributed by atoms with E-state index in [1.165, 1.54) is 18.2 Å². The van der Waals surface area contributed by atoms with Gasteiger partial charge in [-0.3, -0.25) is 0 Å². The second-order valence-corrected chi connectivity index (χ2v) is 8.24. The Labute approximate surface area is 112 Å². The second kappa shape index (κ2) is 4.92. The molecule has 2 rings (SSSR count). The molecule has 0 spiro atoms. The molecule has 0 radical (unpaired) electrons. The molecule has 1 unspecified atom stereocenters. The predicted octanol–water partition coefficient (Wildman–Crippen LogP) is 0.0237. The number of rotatable bonds is 3. The average molecular weight is 300 g/mol. The molecule has 1 aliphatic heterocycles. The fourth-order valence-corrected chi connectivity index (χ4v) is 5.17. The van der Waals surface area contributed by atoms with Gasteiger partial charge in [0.1, 0.15) is 6.07 Å². The fourth-order valence-electron chi connectivity index (χ4n) is 1.96. The Balaban J connectivity index is 2.27. The van der Waals surface area contributed by atoms with E-state index in [1.807, 2.05) is 0 Å². The van der Waals surface area contributed by atoms with Crippen LogP contribution in [0.5, 0.6) is 0 Å². The molecular formula is C11H12N2O4S2. The van der Waals surface area contributed by atoms with E-state index in [2.05, 4.69) is 4.72 Å². The number of benzene rings is 1. The molecule has 1 heterocycles. The van der Waals surface area contributed by atoms with Crippen molar-refractivity contribution in [3.05, 3.63) is 29.8 Å². The molecule has 1 atom stereocenters. The van der Waals surface area contributed by atoms with Crippen LogP contribution in [0.3, 0.4) is 0 Å². The van der Waals surface area contributed by atoms with Crippen LogP contribution in [-0.2, 0) is 19.9 Å². The van der Waals surface area contributed by atoms with E-state index in [1.54, 1.807) is 12.1 Å². The van der Waals surface area contributed by atoms with E-state index in [4.69, 9.17) is 5.26 Å². The van der Waals surface area contributed by atoms with Gasteiger partial charge in [0.05, 0.1) is 22.0 Å². The topological polar surface area (TPSA) is 104 Å². The van der Waals surface area contributed by atoms with Crippen molar-refractivity contribution in [3.63, 3.8) is 0 Å². The lowest BCUT2D eigenvalue weighted by Crippen LogP contribution is -2.35. The van der Waals surface area contributed by atoms with E-state index >= 15 is 0 Å². The van der Waals surface area contributed by atoms with Gasteiger partial charge >= 0.3 is 0 Å². The van der Waals surface area contributed by atoms with Gasteiger partial charge in [0.25, 0.3) is 0 Å². The summed E-state index contributed by atoms with van der Waals surface area (Å²) in [4.78, 5) is -0.123. The molecule has 0 bridgehead atoms. The van der Waals surface area contributed by atoms with E-state index in [0.29, 0.717) is 0 Å². The minimum absolute atomic E-state index is 0.0138. The Morgan fingerprint density at radius 1 is 1.32 bits per heavy atom. The molecule has 1 aromatic carbocycles. The molecule has 102 valence electrons. The highest BCUT2D eigenvalue weighted by Crippen LogP contribution is 2.18. The van der Waals surface area contributed by atoms with Gasteiger partial charge in [0.15, 0.2) is 9.84 Å². The number of nitrogens with one attached hydrogen (secondary N) is 1. The number of sulfone groups is 1. The maximum Gasteiger partial charge on any atom is 0.242 e. The van der Waals surface area contributed by atoms with Gasteiger partial charge in [-0.1, -0.05) is 12.1 Å². The Kier molecular flexibility index (Phi) is 3.62. The van der Waals surface area contributed by atoms with Crippen molar-refractivity contribution in [1.29, 1.82) is 5.26 Å². The summed E-state index contributed by atoms with van der Waals surface area (Å²) in [6.45, 7) is 0. The van der Waals surface area contributed by atoms with Crippen molar-refractivity contribution in [3.8, 4) is 6.07 Å². The molecule has 19 heavy (non-hydrogen) atoms. The number of sulfonamides is 1. The van der Waals surface area contributed by atoms with Crippen LogP contribution in [0, 0.1) is 11.3 Å². The highest BCUT2D eigenvalue weighted by atomic mass is 32.2. The van der Waals surface area contributed by atoms with Gasteiger partial charge in [0, 0.05) is 6.04 Å². The van der Waals surface area contributed by atoms with Crippen LogP contribution in [0.15, 0.2) is 29.2 Å². The van der Waals surface area contributed by atoms with Crippen molar-refractivity contribution in [2.45, 2.75) is 17.4 Å². The molecule has 8 heteroatoms. The molecule has 1 saturated heterocycles. The van der Waals surface area contributed by atoms with Crippen molar-refractivity contribution < 1.29 is 16.8 Å². The highest BCUT2D eigenvalue weighted by molar-refractivity contribution is 7.92. The van der Waals surface area contributed by atoms with Crippen molar-refractivity contribution >= 4 is 19.9 Å². The van der Waals surface area contributed by atoms with E-state index in [9.17, 15) is 16.8 Å². The smallest absolute Gasteiger partial charge is 0.229 e. The van der Waals surface area contributed by atoms with E-state index < -0.39 is 25.9 Å². The Hall–Kier alpha value is -1.43. The standard InChI is InChI=1S/C11H12N2O4S2/c12-7-9-3-1-2-4-11(9)19(16,17)13-10-5-6-18(14,15)8-10/h1-4,10,13H,5-6,8H2. The molecule has 6 nitrogen and oxygen atoms in total. The molecule has 0 amide bonds. The van der Waals surface area contributed by atoms with Gasteiger partial charge in [0.2, 0.25) is 10.0 Å². The first kappa shape index (κ1) is 14.0. The Morgan fingerprint density at radius 3 is 2.58 bits per heavy atom. The molecular weight excluding hydrogens is 288 g/mol. The summed E-state index contributed by atoms with van der Waals surface area (Å²) >= 11 is 0. The Bertz CT molecular complexity index is 732. The van der Waals surface area contributed by atoms with Crippen LogP contribution >= 0.6 is 0 Å². The van der Waals surface area contributed by atoms with Crippen LogP contribution < -0.4 is 4.72 Å². The number of nitriles is 1. The van der Waals surface area contributed by atoms with Crippen LogP contribution in [0.25, 0.3) is 0 Å². The van der Waals surface area contributed by atoms with Gasteiger partial charge in [-0.15, -0.1) is 0 Å². The zero-order valence-electron chi connectivity index (χ0n) is 9.90. The summed E-state index contributed by atoms with van der Waals surface area (Å²) in [6, 6.07) is 6.99. The normalized spacial score (nSPS) is 21.9. The first-order valence-electron chi connectivity index (χ1n) is 5.56. The monoisotopic (exact) mass is 300 g/mol. The van der Waals surface area contributed by atoms with Gasteiger partial charge in [-0.05, 0) is 18.6 Å². The lowest BCUT2D eigenvalue weighted by molar-refractivity contribution is 0.562. The van der Waals surface area contributed by atoms with Crippen molar-refractivity contribution in [1.82, 2.24) is 4.72 Å². The summed E-state index contributed by atoms with van der Waals surface area (Å²) in [5, 5.41) is 8.89. The third-order valence-electron chi connectivity index (χ3n) is 2.85. The highest BCUT2D eigenvalue weighted by Gasteiger charge is 2.32. The first-order valence-corrected chi connectivity index (χ1v) is 8.86. The van der Waals surface area contributed by atoms with E-state index in [-0.39, 0.29) is 28.4 Å². The van der Waals surface area contributed by atoms with E-state index in [0.717, 1.165) is 0 Å². The maximum absolute atomic E-state index is 12.1. The quantitative estimate of drug-likeness (QED) is 0.847. The largest absolute Gasteiger partial charge is 0.242 e. The number of hydrogen-bond donors (Lipinski definition) is 1. The maximum atomic E-state index is 12.1. The van der Waals surface area contributed by atoms with Crippen molar-refractivity contribution in [2.75, 3.05) is 11.5 Å². The summed E-state index contributed by atoms with van der Waals surface area (Å²) in [7, 11) is -7.03. The first-order chi connectivity index (χ1) is 8.84. The number of nitrogens with zero attached hydrogens (tertiary/aromatic N) is 1. The van der Waals surface area contributed by atoms with Gasteiger partial charge in [-0.25, -0.2) is 21.6 Å². The summed E-state index contributed by atoms with van der Waals surface area (Å²) in [5.41, 5.74) is 0.0378. The third-order valence-corrected chi connectivity index (χ3v) is 6.20. The lowest BCUT2D eigenvalue weighted by Gasteiger charge is -2.12. The zero-order chi connectivity index (χ0) is 14.1. The Morgan fingerprint density at radius 2 is 2.00 bits per heavy atom. The molecule has 1 aliphatic rings. The summed E-state index contributed by atoms with van der Waals surface area (Å²) in [5.74, 6) is -0.207. The van der Waals surface area contributed by atoms with Crippen LogP contribution in [0.4, 0.5) is 0 Å². The molecule has 1 N–H and O–H groups in total. The fraction of sp³-hybridized carbons (Fsp3) is 0.364. The molecule has 1 aromatic rings. The molecule has 0 saturated carbocycles. The zero-order valence-corrected chi connectivity index (χ0v) is 11.5. The minimum Gasteiger partial charge on any atom is -0.229 e. The molecule has 0 aliphatic carbocycles. The summed E-state index contributed by atoms with van der Waals surface area (Å²) in [6.07, 6.45) is 0.260. The average Bonchev–Trinajstić information content (AvgIpc) is 2.67. The minimum atomic E-state index is -3.87. The molecule has 0 aromatic heterocycles. The second-order valence-electron chi connectivity index (χ2n) is 4.33. The lowest BCUT2D eigenvalue weighted by atomic mass is 10.2. The van der Waals surface area contributed by atoms with Gasteiger partial charge < -0.3 is 0 Å². The molecule has 1 fully saturated rings. The predicted molar refractivity (Wildman–Crippen MR) is 68.5 cm³/mol. The van der Waals surface area contributed by atoms with Crippen molar-refractivity contribution in [2.24, 2.45) is 0 Å². The van der Waals surface area contributed by atoms with Crippen LogP contribution in [0.2, 0.25) is 0 Å².